The third kappa shape index (κ3) is 4.26. The van der Waals surface area contributed by atoms with Crippen molar-refractivity contribution in [1.29, 1.82) is 0 Å². The van der Waals surface area contributed by atoms with E-state index in [0.717, 1.165) is 6.07 Å². The van der Waals surface area contributed by atoms with Crippen LogP contribution in [0.2, 0.25) is 5.02 Å². The van der Waals surface area contributed by atoms with Crippen molar-refractivity contribution in [3.8, 4) is 0 Å². The molecule has 1 N–H and O–H groups in total. The molecule has 0 unspecified atom stereocenters. The highest BCUT2D eigenvalue weighted by Crippen LogP contribution is 2.25. The smallest absolute Gasteiger partial charge is 0.254 e. The molecule has 0 spiro atoms. The Bertz CT molecular complexity index is 426. The van der Waals surface area contributed by atoms with Crippen molar-refractivity contribution in [2.45, 2.75) is 0 Å². The number of nitrogens with one attached hydrogen (secondary N) is 1. The van der Waals surface area contributed by atoms with Crippen LogP contribution in [0, 0.1) is 5.82 Å². The number of hydrogen-bond donors (Lipinski definition) is 1. The van der Waals surface area contributed by atoms with E-state index in [-0.39, 0.29) is 10.6 Å². The minimum atomic E-state index is -0.624. The molecule has 0 radical (unpaired) electrons. The first-order valence-corrected chi connectivity index (χ1v) is 6.16. The Morgan fingerprint density at radius 1 is 1.53 bits per heavy atom. The van der Waals surface area contributed by atoms with Crippen LogP contribution in [0.1, 0.15) is 10.4 Å². The van der Waals surface area contributed by atoms with E-state index in [1.54, 1.807) is 0 Å². The fourth-order valence-electron chi connectivity index (χ4n) is 1.18. The van der Waals surface area contributed by atoms with Gasteiger partial charge in [-0.3, -0.25) is 4.79 Å². The standard InChI is InChI=1S/C11H13BrClFN2O/c1-16(2)4-3-15-11(17)7-5-8(12)9(13)6-10(7)14/h5-6H,3-4H2,1-2H3,(H,15,17). The van der Waals surface area contributed by atoms with Crippen molar-refractivity contribution < 1.29 is 9.18 Å². The molecule has 1 amide bonds. The van der Waals surface area contributed by atoms with Crippen LogP contribution >= 0.6 is 27.5 Å². The number of hydrogen-bond acceptors (Lipinski definition) is 2. The van der Waals surface area contributed by atoms with Gasteiger partial charge in [-0.15, -0.1) is 0 Å². The molecule has 3 nitrogen and oxygen atoms in total. The van der Waals surface area contributed by atoms with Gasteiger partial charge in [0.05, 0.1) is 10.6 Å². The third-order valence-electron chi connectivity index (χ3n) is 2.10. The van der Waals surface area contributed by atoms with Crippen LogP contribution in [-0.4, -0.2) is 38.0 Å². The second-order valence-electron chi connectivity index (χ2n) is 3.81. The molecule has 0 heterocycles. The monoisotopic (exact) mass is 322 g/mol. The lowest BCUT2D eigenvalue weighted by Crippen LogP contribution is -2.31. The minimum absolute atomic E-state index is 0.0139. The maximum absolute atomic E-state index is 13.5. The lowest BCUT2D eigenvalue weighted by molar-refractivity contribution is 0.0947. The topological polar surface area (TPSA) is 32.3 Å². The number of benzene rings is 1. The number of amides is 1. The van der Waals surface area contributed by atoms with Gasteiger partial charge in [0, 0.05) is 17.6 Å². The Hall–Kier alpha value is -0.650. The van der Waals surface area contributed by atoms with Gasteiger partial charge < -0.3 is 10.2 Å². The highest BCUT2D eigenvalue weighted by atomic mass is 79.9. The molecule has 0 aliphatic rings. The molecule has 6 heteroatoms. The van der Waals surface area contributed by atoms with Gasteiger partial charge in [0.15, 0.2) is 0 Å². The Labute approximate surface area is 113 Å². The molecular formula is C11H13BrClFN2O. The van der Waals surface area contributed by atoms with Gasteiger partial charge in [0.1, 0.15) is 5.82 Å². The summed E-state index contributed by atoms with van der Waals surface area (Å²) in [4.78, 5) is 13.6. The summed E-state index contributed by atoms with van der Waals surface area (Å²) >= 11 is 8.86. The summed E-state index contributed by atoms with van der Waals surface area (Å²) in [6, 6.07) is 2.50. The van der Waals surface area contributed by atoms with E-state index in [2.05, 4.69) is 21.2 Å². The first kappa shape index (κ1) is 14.4. The zero-order valence-electron chi connectivity index (χ0n) is 9.56. The van der Waals surface area contributed by atoms with Crippen molar-refractivity contribution in [2.75, 3.05) is 27.2 Å². The highest BCUT2D eigenvalue weighted by Gasteiger charge is 2.13. The van der Waals surface area contributed by atoms with E-state index >= 15 is 0 Å². The van der Waals surface area contributed by atoms with E-state index in [4.69, 9.17) is 11.6 Å². The zero-order valence-corrected chi connectivity index (χ0v) is 11.9. The van der Waals surface area contributed by atoms with Crippen molar-refractivity contribution in [2.24, 2.45) is 0 Å². The second kappa shape index (κ2) is 6.33. The van der Waals surface area contributed by atoms with Crippen LogP contribution in [0.5, 0.6) is 0 Å². The fourth-order valence-corrected chi connectivity index (χ4v) is 1.68. The summed E-state index contributed by atoms with van der Waals surface area (Å²) in [6.45, 7) is 1.16. The molecule has 1 aromatic rings. The molecule has 0 saturated heterocycles. The zero-order chi connectivity index (χ0) is 13.0. The van der Waals surface area contributed by atoms with Crippen LogP contribution < -0.4 is 5.32 Å². The van der Waals surface area contributed by atoms with Crippen molar-refractivity contribution in [3.05, 3.63) is 33.0 Å². The molecule has 0 fully saturated rings. The molecule has 0 aliphatic heterocycles. The fraction of sp³-hybridized carbons (Fsp3) is 0.364. The third-order valence-corrected chi connectivity index (χ3v) is 3.30. The molecule has 0 aromatic heterocycles. The normalized spacial score (nSPS) is 10.7. The number of carbonyl (C=O) groups excluding carboxylic acids is 1. The van der Waals surface area contributed by atoms with E-state index in [0.29, 0.717) is 17.6 Å². The predicted molar refractivity (Wildman–Crippen MR) is 70.0 cm³/mol. The van der Waals surface area contributed by atoms with E-state index in [1.165, 1.54) is 6.07 Å². The quantitative estimate of drug-likeness (QED) is 0.864. The van der Waals surface area contributed by atoms with E-state index < -0.39 is 11.7 Å². The van der Waals surface area contributed by atoms with Gasteiger partial charge in [-0.1, -0.05) is 11.6 Å². The van der Waals surface area contributed by atoms with Crippen molar-refractivity contribution >= 4 is 33.4 Å². The number of nitrogens with zero attached hydrogens (tertiary/aromatic N) is 1. The van der Waals surface area contributed by atoms with Crippen molar-refractivity contribution in [3.63, 3.8) is 0 Å². The maximum atomic E-state index is 13.5. The summed E-state index contributed by atoms with van der Waals surface area (Å²) in [5, 5.41) is 2.88. The molecule has 1 rings (SSSR count). The van der Waals surface area contributed by atoms with Crippen LogP contribution in [-0.2, 0) is 0 Å². The number of halogens is 3. The van der Waals surface area contributed by atoms with Crippen LogP contribution in [0.3, 0.4) is 0 Å². The number of rotatable bonds is 4. The lowest BCUT2D eigenvalue weighted by Gasteiger charge is -2.11. The van der Waals surface area contributed by atoms with Gasteiger partial charge in [0.2, 0.25) is 0 Å². The summed E-state index contributed by atoms with van der Waals surface area (Å²) in [6.07, 6.45) is 0. The van der Waals surface area contributed by atoms with Gasteiger partial charge >= 0.3 is 0 Å². The molecule has 0 aliphatic carbocycles. The molecule has 1 aromatic carbocycles. The van der Waals surface area contributed by atoms with Gasteiger partial charge in [-0.05, 0) is 42.2 Å². The lowest BCUT2D eigenvalue weighted by atomic mass is 10.2. The Morgan fingerprint density at radius 3 is 2.76 bits per heavy atom. The molecule has 0 atom stereocenters. The molecule has 0 bridgehead atoms. The van der Waals surface area contributed by atoms with Crippen LogP contribution in [0.4, 0.5) is 4.39 Å². The van der Waals surface area contributed by atoms with E-state index in [1.807, 2.05) is 19.0 Å². The molecule has 94 valence electrons. The Kier molecular flexibility index (Phi) is 5.36. The first-order chi connectivity index (χ1) is 7.91. The van der Waals surface area contributed by atoms with Gasteiger partial charge in [-0.2, -0.15) is 0 Å². The predicted octanol–water partition coefficient (Wildman–Crippen LogP) is 2.53. The second-order valence-corrected chi connectivity index (χ2v) is 5.07. The molecule has 17 heavy (non-hydrogen) atoms. The summed E-state index contributed by atoms with van der Waals surface area (Å²) in [5.74, 6) is -1.07. The van der Waals surface area contributed by atoms with Crippen LogP contribution in [0.15, 0.2) is 16.6 Å². The first-order valence-electron chi connectivity index (χ1n) is 4.99. The number of carbonyl (C=O) groups is 1. The highest BCUT2D eigenvalue weighted by molar-refractivity contribution is 9.10. The van der Waals surface area contributed by atoms with Gasteiger partial charge in [0.25, 0.3) is 5.91 Å². The SMILES string of the molecule is CN(C)CCNC(=O)c1cc(Br)c(Cl)cc1F. The van der Waals surface area contributed by atoms with Crippen LogP contribution in [0.25, 0.3) is 0 Å². The largest absolute Gasteiger partial charge is 0.351 e. The van der Waals surface area contributed by atoms with E-state index in [9.17, 15) is 9.18 Å². The van der Waals surface area contributed by atoms with Crippen molar-refractivity contribution in [1.82, 2.24) is 10.2 Å². The average molecular weight is 324 g/mol. The molecular weight excluding hydrogens is 310 g/mol. The Morgan fingerprint density at radius 2 is 2.18 bits per heavy atom. The summed E-state index contributed by atoms with van der Waals surface area (Å²) in [7, 11) is 3.79. The Balaban J connectivity index is 2.72. The van der Waals surface area contributed by atoms with Gasteiger partial charge in [-0.25, -0.2) is 4.39 Å². The molecule has 0 saturated carbocycles. The minimum Gasteiger partial charge on any atom is -0.351 e. The summed E-state index contributed by atoms with van der Waals surface area (Å²) < 4.78 is 14.0. The average Bonchev–Trinajstić information content (AvgIpc) is 2.22. The number of likely N-dealkylation sites (N-methyl/N-ethyl adjacent to an activating group) is 1. The summed E-state index contributed by atoms with van der Waals surface area (Å²) in [5.41, 5.74) is -0.0139. The maximum Gasteiger partial charge on any atom is 0.254 e.